The van der Waals surface area contributed by atoms with E-state index in [1.54, 1.807) is 37.3 Å². The van der Waals surface area contributed by atoms with Crippen LogP contribution in [0.5, 0.6) is 0 Å². The number of amides is 1. The van der Waals surface area contributed by atoms with E-state index in [0.29, 0.717) is 27.2 Å². The fraction of sp³-hybridized carbons (Fsp3) is 0.111. The monoisotopic (exact) mass is 360 g/mol. The standard InChI is InChI=1S/C18H14Cl2N2O2/c1-12-10-16(21-24-12)22(18(23)13-6-3-2-4-7-13)11-14-8-5-9-15(19)17(14)20/h2-10H,11H2,1H3. The van der Waals surface area contributed by atoms with Gasteiger partial charge in [0, 0.05) is 11.6 Å². The number of carbonyl (C=O) groups is 1. The van der Waals surface area contributed by atoms with Crippen molar-refractivity contribution in [3.05, 3.63) is 81.5 Å². The summed E-state index contributed by atoms with van der Waals surface area (Å²) < 4.78 is 5.12. The van der Waals surface area contributed by atoms with Crippen LogP contribution >= 0.6 is 23.2 Å². The van der Waals surface area contributed by atoms with Crippen molar-refractivity contribution in [1.82, 2.24) is 5.16 Å². The highest BCUT2D eigenvalue weighted by Crippen LogP contribution is 2.28. The van der Waals surface area contributed by atoms with Crippen molar-refractivity contribution in [2.24, 2.45) is 0 Å². The van der Waals surface area contributed by atoms with Gasteiger partial charge in [-0.05, 0) is 30.7 Å². The Morgan fingerprint density at radius 1 is 1.12 bits per heavy atom. The van der Waals surface area contributed by atoms with E-state index >= 15 is 0 Å². The van der Waals surface area contributed by atoms with Crippen molar-refractivity contribution >= 4 is 34.9 Å². The SMILES string of the molecule is Cc1cc(N(Cc2cccc(Cl)c2Cl)C(=O)c2ccccc2)no1. The van der Waals surface area contributed by atoms with Gasteiger partial charge in [0.05, 0.1) is 16.6 Å². The molecule has 0 saturated carbocycles. The Morgan fingerprint density at radius 2 is 1.88 bits per heavy atom. The molecule has 0 unspecified atom stereocenters. The van der Waals surface area contributed by atoms with Gasteiger partial charge in [0.25, 0.3) is 5.91 Å². The van der Waals surface area contributed by atoms with Gasteiger partial charge in [-0.2, -0.15) is 0 Å². The maximum absolute atomic E-state index is 12.9. The predicted octanol–water partition coefficient (Wildman–Crippen LogP) is 5.14. The van der Waals surface area contributed by atoms with E-state index in [0.717, 1.165) is 5.56 Å². The molecule has 0 aliphatic rings. The minimum atomic E-state index is -0.194. The van der Waals surface area contributed by atoms with Gasteiger partial charge in [-0.3, -0.25) is 9.69 Å². The number of hydrogen-bond donors (Lipinski definition) is 0. The molecule has 0 aliphatic carbocycles. The predicted molar refractivity (Wildman–Crippen MR) is 94.7 cm³/mol. The Labute approximate surface area is 149 Å². The van der Waals surface area contributed by atoms with Gasteiger partial charge in [-0.15, -0.1) is 0 Å². The van der Waals surface area contributed by atoms with E-state index < -0.39 is 0 Å². The number of aryl methyl sites for hydroxylation is 1. The van der Waals surface area contributed by atoms with Crippen molar-refractivity contribution in [3.8, 4) is 0 Å². The zero-order valence-electron chi connectivity index (χ0n) is 12.9. The summed E-state index contributed by atoms with van der Waals surface area (Å²) in [5.41, 5.74) is 1.28. The summed E-state index contributed by atoms with van der Waals surface area (Å²) in [7, 11) is 0. The molecule has 0 spiro atoms. The Hall–Kier alpha value is -2.30. The maximum Gasteiger partial charge on any atom is 0.259 e. The molecule has 122 valence electrons. The number of hydrogen-bond acceptors (Lipinski definition) is 3. The third-order valence-electron chi connectivity index (χ3n) is 3.52. The van der Waals surface area contributed by atoms with Crippen molar-refractivity contribution in [2.75, 3.05) is 4.90 Å². The third-order valence-corrected chi connectivity index (χ3v) is 4.38. The van der Waals surface area contributed by atoms with E-state index in [9.17, 15) is 4.79 Å². The van der Waals surface area contributed by atoms with Crippen molar-refractivity contribution < 1.29 is 9.32 Å². The lowest BCUT2D eigenvalue weighted by molar-refractivity contribution is 0.0983. The molecule has 0 radical (unpaired) electrons. The molecule has 1 aromatic heterocycles. The Bertz CT molecular complexity index is 862. The number of carbonyl (C=O) groups excluding carboxylic acids is 1. The summed E-state index contributed by atoms with van der Waals surface area (Å²) in [6.07, 6.45) is 0. The first kappa shape index (κ1) is 16.6. The van der Waals surface area contributed by atoms with Crippen molar-refractivity contribution in [3.63, 3.8) is 0 Å². The molecule has 0 saturated heterocycles. The zero-order valence-corrected chi connectivity index (χ0v) is 14.4. The average molecular weight is 361 g/mol. The van der Waals surface area contributed by atoms with Crippen LogP contribution in [-0.4, -0.2) is 11.1 Å². The van der Waals surface area contributed by atoms with Crippen LogP contribution in [0.1, 0.15) is 21.7 Å². The molecule has 6 heteroatoms. The first-order valence-electron chi connectivity index (χ1n) is 7.29. The Balaban J connectivity index is 1.99. The van der Waals surface area contributed by atoms with Crippen LogP contribution in [-0.2, 0) is 6.54 Å². The summed E-state index contributed by atoms with van der Waals surface area (Å²) in [6, 6.07) is 16.0. The molecule has 0 N–H and O–H groups in total. The second-order valence-corrected chi connectivity index (χ2v) is 6.05. The molecule has 3 rings (SSSR count). The normalized spacial score (nSPS) is 10.6. The minimum Gasteiger partial charge on any atom is -0.360 e. The second kappa shape index (κ2) is 7.07. The first-order chi connectivity index (χ1) is 11.6. The van der Waals surface area contributed by atoms with E-state index in [1.165, 1.54) is 4.90 Å². The van der Waals surface area contributed by atoms with Crippen LogP contribution in [0.15, 0.2) is 59.1 Å². The topological polar surface area (TPSA) is 46.3 Å². The minimum absolute atomic E-state index is 0.194. The number of anilines is 1. The molecule has 0 fully saturated rings. The van der Waals surface area contributed by atoms with Gasteiger partial charge < -0.3 is 4.52 Å². The molecule has 24 heavy (non-hydrogen) atoms. The molecular formula is C18H14Cl2N2O2. The molecule has 3 aromatic rings. The lowest BCUT2D eigenvalue weighted by Crippen LogP contribution is -2.30. The van der Waals surface area contributed by atoms with Crippen LogP contribution in [0.25, 0.3) is 0 Å². The van der Waals surface area contributed by atoms with E-state index in [2.05, 4.69) is 5.16 Å². The van der Waals surface area contributed by atoms with Crippen LogP contribution < -0.4 is 4.90 Å². The highest BCUT2D eigenvalue weighted by molar-refractivity contribution is 6.42. The van der Waals surface area contributed by atoms with Gasteiger partial charge in [0.2, 0.25) is 0 Å². The third kappa shape index (κ3) is 3.45. The fourth-order valence-electron chi connectivity index (χ4n) is 2.31. The van der Waals surface area contributed by atoms with Crippen LogP contribution in [0.3, 0.4) is 0 Å². The zero-order chi connectivity index (χ0) is 17.1. The molecule has 2 aromatic carbocycles. The maximum atomic E-state index is 12.9. The largest absolute Gasteiger partial charge is 0.360 e. The van der Waals surface area contributed by atoms with Gasteiger partial charge in [-0.25, -0.2) is 0 Å². The van der Waals surface area contributed by atoms with Gasteiger partial charge in [0.15, 0.2) is 5.82 Å². The number of aromatic nitrogens is 1. The molecule has 1 heterocycles. The summed E-state index contributed by atoms with van der Waals surface area (Å²) in [5, 5.41) is 4.83. The van der Waals surface area contributed by atoms with Crippen LogP contribution in [0.4, 0.5) is 5.82 Å². The Morgan fingerprint density at radius 3 is 2.54 bits per heavy atom. The Kier molecular flexibility index (Phi) is 4.88. The number of nitrogens with zero attached hydrogens (tertiary/aromatic N) is 2. The fourth-order valence-corrected chi connectivity index (χ4v) is 2.69. The van der Waals surface area contributed by atoms with E-state index in [1.807, 2.05) is 24.3 Å². The van der Waals surface area contributed by atoms with E-state index in [-0.39, 0.29) is 12.5 Å². The summed E-state index contributed by atoms with van der Waals surface area (Å²) >= 11 is 12.3. The lowest BCUT2D eigenvalue weighted by atomic mass is 10.1. The van der Waals surface area contributed by atoms with Gasteiger partial charge in [-0.1, -0.05) is 58.7 Å². The number of benzene rings is 2. The number of halogens is 2. The highest BCUT2D eigenvalue weighted by atomic mass is 35.5. The van der Waals surface area contributed by atoms with Crippen LogP contribution in [0, 0.1) is 6.92 Å². The van der Waals surface area contributed by atoms with Crippen molar-refractivity contribution in [2.45, 2.75) is 13.5 Å². The highest BCUT2D eigenvalue weighted by Gasteiger charge is 2.22. The number of rotatable bonds is 4. The molecule has 1 amide bonds. The van der Waals surface area contributed by atoms with Crippen LogP contribution in [0.2, 0.25) is 10.0 Å². The molecule has 0 bridgehead atoms. The summed E-state index contributed by atoms with van der Waals surface area (Å²) in [5.74, 6) is 0.852. The second-order valence-electron chi connectivity index (χ2n) is 5.27. The molecule has 0 aliphatic heterocycles. The smallest absolute Gasteiger partial charge is 0.259 e. The van der Waals surface area contributed by atoms with Gasteiger partial charge >= 0.3 is 0 Å². The summed E-state index contributed by atoms with van der Waals surface area (Å²) in [4.78, 5) is 14.4. The summed E-state index contributed by atoms with van der Waals surface area (Å²) in [6.45, 7) is 2.01. The van der Waals surface area contributed by atoms with E-state index in [4.69, 9.17) is 27.7 Å². The average Bonchev–Trinajstić information content (AvgIpc) is 3.02. The molecular weight excluding hydrogens is 347 g/mol. The lowest BCUT2D eigenvalue weighted by Gasteiger charge is -2.20. The van der Waals surface area contributed by atoms with Crippen molar-refractivity contribution in [1.29, 1.82) is 0 Å². The van der Waals surface area contributed by atoms with Gasteiger partial charge in [0.1, 0.15) is 5.76 Å². The quantitative estimate of drug-likeness (QED) is 0.647. The molecule has 0 atom stereocenters. The molecule has 4 nitrogen and oxygen atoms in total. The first-order valence-corrected chi connectivity index (χ1v) is 8.05.